The van der Waals surface area contributed by atoms with Crippen LogP contribution in [0.25, 0.3) is 10.2 Å². The van der Waals surface area contributed by atoms with Gasteiger partial charge in [-0.3, -0.25) is 4.79 Å². The van der Waals surface area contributed by atoms with E-state index in [1.807, 2.05) is 6.92 Å². The number of carbonyl (C=O) groups is 1. The number of aryl methyl sites for hydroxylation is 2. The molecular weight excluding hydrogens is 252 g/mol. The van der Waals surface area contributed by atoms with Crippen molar-refractivity contribution in [2.45, 2.75) is 38.0 Å². The van der Waals surface area contributed by atoms with E-state index in [1.165, 1.54) is 22.2 Å². The second kappa shape index (κ2) is 4.74. The Morgan fingerprint density at radius 3 is 2.76 bits per heavy atom. The molecule has 0 aromatic carbocycles. The van der Waals surface area contributed by atoms with Crippen LogP contribution in [0.2, 0.25) is 0 Å². The summed E-state index contributed by atoms with van der Waals surface area (Å²) in [5, 5.41) is 1.96. The smallest absolute Gasteiger partial charge is 0.142 e. The normalized spacial score (nSPS) is 12.9. The van der Waals surface area contributed by atoms with Crippen molar-refractivity contribution in [2.24, 2.45) is 0 Å². The first-order chi connectivity index (χ1) is 8.00. The summed E-state index contributed by atoms with van der Waals surface area (Å²) in [5.74, 6) is 0.173. The minimum absolute atomic E-state index is 0.0623. The Morgan fingerprint density at radius 1 is 1.41 bits per heavy atom. The number of nitrogens with zero attached hydrogens (tertiary/aromatic N) is 2. The van der Waals surface area contributed by atoms with Crippen LogP contribution in [0.1, 0.15) is 24.3 Å². The lowest BCUT2D eigenvalue weighted by molar-refractivity contribution is -0.116. The molecule has 1 unspecified atom stereocenters. The minimum Gasteiger partial charge on any atom is -0.299 e. The molecule has 0 fully saturated rings. The number of thioether (sulfide) groups is 1. The van der Waals surface area contributed by atoms with Crippen molar-refractivity contribution >= 4 is 39.1 Å². The Hall–Kier alpha value is -0.940. The zero-order valence-electron chi connectivity index (χ0n) is 10.3. The van der Waals surface area contributed by atoms with Crippen molar-refractivity contribution < 1.29 is 4.79 Å². The molecule has 3 nitrogen and oxygen atoms in total. The first-order valence-electron chi connectivity index (χ1n) is 5.38. The Morgan fingerprint density at radius 2 is 2.12 bits per heavy atom. The molecule has 2 aromatic heterocycles. The predicted octanol–water partition coefficient (Wildman–Crippen LogP) is 3.38. The molecule has 2 aromatic rings. The van der Waals surface area contributed by atoms with Crippen LogP contribution < -0.4 is 0 Å². The molecule has 0 aliphatic rings. The highest BCUT2D eigenvalue weighted by atomic mass is 32.2. The van der Waals surface area contributed by atoms with Crippen LogP contribution in [-0.4, -0.2) is 21.0 Å². The molecule has 0 aliphatic heterocycles. The van der Waals surface area contributed by atoms with Crippen molar-refractivity contribution in [2.75, 3.05) is 0 Å². The number of rotatable bonds is 3. The van der Waals surface area contributed by atoms with E-state index in [2.05, 4.69) is 23.8 Å². The fourth-order valence-electron chi connectivity index (χ4n) is 1.49. The van der Waals surface area contributed by atoms with E-state index >= 15 is 0 Å². The van der Waals surface area contributed by atoms with Crippen LogP contribution >= 0.6 is 23.1 Å². The third-order valence-corrected chi connectivity index (χ3v) is 5.12. The van der Waals surface area contributed by atoms with Gasteiger partial charge in [0, 0.05) is 10.3 Å². The standard InChI is InChI=1S/C12H14N2OS2/c1-6-8(3)16-11-10(6)12(14-5-13-11)17-9(4)7(2)15/h5,9H,1-4H3. The van der Waals surface area contributed by atoms with Crippen molar-refractivity contribution in [1.82, 2.24) is 9.97 Å². The van der Waals surface area contributed by atoms with Crippen LogP contribution in [0.15, 0.2) is 11.4 Å². The van der Waals surface area contributed by atoms with Gasteiger partial charge in [0.15, 0.2) is 0 Å². The average Bonchev–Trinajstić information content (AvgIpc) is 2.56. The highest BCUT2D eigenvalue weighted by molar-refractivity contribution is 8.00. The number of carbonyl (C=O) groups excluding carboxylic acids is 1. The second-order valence-electron chi connectivity index (χ2n) is 4.01. The van der Waals surface area contributed by atoms with Crippen molar-refractivity contribution in [3.05, 3.63) is 16.8 Å². The van der Waals surface area contributed by atoms with E-state index in [-0.39, 0.29) is 11.0 Å². The van der Waals surface area contributed by atoms with E-state index < -0.39 is 0 Å². The van der Waals surface area contributed by atoms with Crippen molar-refractivity contribution in [3.8, 4) is 0 Å². The maximum absolute atomic E-state index is 11.3. The topological polar surface area (TPSA) is 42.9 Å². The SMILES string of the molecule is CC(=O)C(C)Sc1ncnc2sc(C)c(C)c12. The van der Waals surface area contributed by atoms with Gasteiger partial charge in [-0.1, -0.05) is 11.8 Å². The first kappa shape index (κ1) is 12.5. The molecule has 17 heavy (non-hydrogen) atoms. The van der Waals surface area contributed by atoms with Gasteiger partial charge in [0.1, 0.15) is 22.0 Å². The summed E-state index contributed by atoms with van der Waals surface area (Å²) in [6, 6.07) is 0. The highest BCUT2D eigenvalue weighted by Gasteiger charge is 2.16. The lowest BCUT2D eigenvalue weighted by Crippen LogP contribution is -2.08. The summed E-state index contributed by atoms with van der Waals surface area (Å²) in [6.45, 7) is 7.70. The van der Waals surface area contributed by atoms with E-state index in [9.17, 15) is 4.79 Å². The molecule has 0 saturated heterocycles. The van der Waals surface area contributed by atoms with Crippen LogP contribution in [0.3, 0.4) is 0 Å². The van der Waals surface area contributed by atoms with Crippen molar-refractivity contribution in [3.63, 3.8) is 0 Å². The van der Waals surface area contributed by atoms with Gasteiger partial charge in [-0.05, 0) is 33.3 Å². The molecule has 0 spiro atoms. The summed E-state index contributed by atoms with van der Waals surface area (Å²) in [7, 11) is 0. The maximum atomic E-state index is 11.3. The molecule has 0 radical (unpaired) electrons. The molecular formula is C12H14N2OS2. The predicted molar refractivity (Wildman–Crippen MR) is 72.9 cm³/mol. The lowest BCUT2D eigenvalue weighted by Gasteiger charge is -2.07. The number of thiophene rings is 1. The number of Topliss-reactive ketones (excluding diaryl/α,β-unsaturated/α-hetero) is 1. The molecule has 90 valence electrons. The molecule has 0 saturated carbocycles. The Labute approximate surface area is 109 Å². The van der Waals surface area contributed by atoms with E-state index in [0.29, 0.717) is 0 Å². The van der Waals surface area contributed by atoms with Gasteiger partial charge >= 0.3 is 0 Å². The quantitative estimate of drug-likeness (QED) is 0.631. The summed E-state index contributed by atoms with van der Waals surface area (Å²) < 4.78 is 0. The number of hydrogen-bond donors (Lipinski definition) is 0. The van der Waals surface area contributed by atoms with Crippen LogP contribution in [0.5, 0.6) is 0 Å². The van der Waals surface area contributed by atoms with Gasteiger partial charge in [0.25, 0.3) is 0 Å². The summed E-state index contributed by atoms with van der Waals surface area (Å²) >= 11 is 3.19. The minimum atomic E-state index is -0.0623. The van der Waals surface area contributed by atoms with E-state index in [4.69, 9.17) is 0 Å². The third kappa shape index (κ3) is 2.35. The molecule has 5 heteroatoms. The molecule has 0 bridgehead atoms. The van der Waals surface area contributed by atoms with Crippen LogP contribution in [-0.2, 0) is 4.79 Å². The fourth-order valence-corrected chi connectivity index (χ4v) is 3.53. The van der Waals surface area contributed by atoms with Gasteiger partial charge < -0.3 is 0 Å². The van der Waals surface area contributed by atoms with Crippen LogP contribution in [0, 0.1) is 13.8 Å². The number of aromatic nitrogens is 2. The monoisotopic (exact) mass is 266 g/mol. The third-order valence-electron chi connectivity index (χ3n) is 2.79. The summed E-state index contributed by atoms with van der Waals surface area (Å²) in [4.78, 5) is 22.2. The fraction of sp³-hybridized carbons (Fsp3) is 0.417. The van der Waals surface area contributed by atoms with Crippen LogP contribution in [0.4, 0.5) is 0 Å². The molecule has 1 atom stereocenters. The second-order valence-corrected chi connectivity index (χ2v) is 6.55. The summed E-state index contributed by atoms with van der Waals surface area (Å²) in [6.07, 6.45) is 1.58. The average molecular weight is 266 g/mol. The Bertz CT molecular complexity index is 577. The molecule has 2 rings (SSSR count). The largest absolute Gasteiger partial charge is 0.299 e. The van der Waals surface area contributed by atoms with Gasteiger partial charge in [-0.2, -0.15) is 0 Å². The Kier molecular flexibility index (Phi) is 3.49. The molecule has 0 N–H and O–H groups in total. The van der Waals surface area contributed by atoms with Gasteiger partial charge in [-0.25, -0.2) is 9.97 Å². The van der Waals surface area contributed by atoms with E-state index in [1.54, 1.807) is 24.6 Å². The molecule has 0 aliphatic carbocycles. The van der Waals surface area contributed by atoms with Crippen molar-refractivity contribution in [1.29, 1.82) is 0 Å². The summed E-state index contributed by atoms with van der Waals surface area (Å²) in [5.41, 5.74) is 1.23. The zero-order valence-corrected chi connectivity index (χ0v) is 11.9. The zero-order chi connectivity index (χ0) is 12.6. The maximum Gasteiger partial charge on any atom is 0.142 e. The number of fused-ring (bicyclic) bond motifs is 1. The first-order valence-corrected chi connectivity index (χ1v) is 7.08. The molecule has 0 amide bonds. The van der Waals surface area contributed by atoms with Gasteiger partial charge in [0.2, 0.25) is 0 Å². The molecule has 2 heterocycles. The lowest BCUT2D eigenvalue weighted by atomic mass is 10.2. The van der Waals surface area contributed by atoms with Gasteiger partial charge in [0.05, 0.1) is 5.25 Å². The number of ketones is 1. The number of hydrogen-bond acceptors (Lipinski definition) is 5. The Balaban J connectivity index is 2.50. The van der Waals surface area contributed by atoms with E-state index in [0.717, 1.165) is 15.2 Å². The highest BCUT2D eigenvalue weighted by Crippen LogP contribution is 2.35. The van der Waals surface area contributed by atoms with Gasteiger partial charge in [-0.15, -0.1) is 11.3 Å².